The second kappa shape index (κ2) is 10.7. The SMILES string of the molecule is CCc1ccc(C2=CCC(=O)N(CCC(=O)NCCCOC(C)C)N2)cc1. The van der Waals surface area contributed by atoms with Gasteiger partial charge in [0.05, 0.1) is 18.3 Å². The molecular formula is C21H31N3O3. The summed E-state index contributed by atoms with van der Waals surface area (Å²) >= 11 is 0. The van der Waals surface area contributed by atoms with Crippen molar-refractivity contribution in [3.63, 3.8) is 0 Å². The van der Waals surface area contributed by atoms with E-state index in [0.29, 0.717) is 26.1 Å². The van der Waals surface area contributed by atoms with Crippen LogP contribution in [0.5, 0.6) is 0 Å². The zero-order chi connectivity index (χ0) is 19.6. The van der Waals surface area contributed by atoms with Crippen molar-refractivity contribution in [3.05, 3.63) is 41.5 Å². The lowest BCUT2D eigenvalue weighted by Crippen LogP contribution is -2.45. The minimum Gasteiger partial charge on any atom is -0.379 e. The number of hydrogen-bond donors (Lipinski definition) is 2. The van der Waals surface area contributed by atoms with Gasteiger partial charge in [-0.1, -0.05) is 31.2 Å². The Morgan fingerprint density at radius 1 is 1.30 bits per heavy atom. The number of ether oxygens (including phenoxy) is 1. The van der Waals surface area contributed by atoms with E-state index in [4.69, 9.17) is 4.74 Å². The molecule has 0 aliphatic carbocycles. The molecule has 2 N–H and O–H groups in total. The third-order valence-electron chi connectivity index (χ3n) is 4.37. The van der Waals surface area contributed by atoms with E-state index >= 15 is 0 Å². The lowest BCUT2D eigenvalue weighted by molar-refractivity contribution is -0.133. The summed E-state index contributed by atoms with van der Waals surface area (Å²) in [5.41, 5.74) is 6.37. The molecular weight excluding hydrogens is 342 g/mol. The molecule has 0 spiro atoms. The van der Waals surface area contributed by atoms with E-state index in [0.717, 1.165) is 24.1 Å². The van der Waals surface area contributed by atoms with Gasteiger partial charge in [0.1, 0.15) is 0 Å². The fraction of sp³-hybridized carbons (Fsp3) is 0.524. The number of hydrazine groups is 1. The maximum atomic E-state index is 12.1. The Balaban J connectivity index is 1.76. The molecule has 0 unspecified atom stereocenters. The van der Waals surface area contributed by atoms with Gasteiger partial charge in [0.2, 0.25) is 11.8 Å². The highest BCUT2D eigenvalue weighted by Gasteiger charge is 2.20. The van der Waals surface area contributed by atoms with Crippen LogP contribution in [-0.4, -0.2) is 42.6 Å². The van der Waals surface area contributed by atoms with Gasteiger partial charge in [0, 0.05) is 26.0 Å². The molecule has 0 atom stereocenters. The Labute approximate surface area is 161 Å². The Bertz CT molecular complexity index is 653. The second-order valence-corrected chi connectivity index (χ2v) is 6.90. The predicted molar refractivity (Wildman–Crippen MR) is 107 cm³/mol. The number of nitrogens with zero attached hydrogens (tertiary/aromatic N) is 1. The van der Waals surface area contributed by atoms with E-state index in [9.17, 15) is 9.59 Å². The fourth-order valence-electron chi connectivity index (χ4n) is 2.76. The van der Waals surface area contributed by atoms with Crippen LogP contribution in [0.2, 0.25) is 0 Å². The molecule has 148 valence electrons. The molecule has 2 rings (SSSR count). The van der Waals surface area contributed by atoms with Crippen molar-refractivity contribution in [1.29, 1.82) is 0 Å². The summed E-state index contributed by atoms with van der Waals surface area (Å²) in [4.78, 5) is 24.1. The van der Waals surface area contributed by atoms with E-state index in [1.165, 1.54) is 10.6 Å². The third kappa shape index (κ3) is 7.06. The molecule has 1 aliphatic rings. The molecule has 6 heteroatoms. The van der Waals surface area contributed by atoms with Gasteiger partial charge < -0.3 is 10.1 Å². The molecule has 0 bridgehead atoms. The summed E-state index contributed by atoms with van der Waals surface area (Å²) in [6.07, 6.45) is 4.49. The molecule has 2 amide bonds. The van der Waals surface area contributed by atoms with Crippen molar-refractivity contribution in [2.75, 3.05) is 19.7 Å². The minimum atomic E-state index is -0.0578. The first-order valence-corrected chi connectivity index (χ1v) is 9.74. The third-order valence-corrected chi connectivity index (χ3v) is 4.37. The van der Waals surface area contributed by atoms with Crippen molar-refractivity contribution < 1.29 is 14.3 Å². The highest BCUT2D eigenvalue weighted by Crippen LogP contribution is 2.18. The number of rotatable bonds is 10. The molecule has 27 heavy (non-hydrogen) atoms. The van der Waals surface area contributed by atoms with Crippen LogP contribution in [0.1, 0.15) is 51.2 Å². The summed E-state index contributed by atoms with van der Waals surface area (Å²) in [6, 6.07) is 8.29. The van der Waals surface area contributed by atoms with Gasteiger partial charge in [0.25, 0.3) is 0 Å². The van der Waals surface area contributed by atoms with Gasteiger partial charge in [-0.05, 0) is 43.9 Å². The summed E-state index contributed by atoms with van der Waals surface area (Å²) < 4.78 is 5.44. The van der Waals surface area contributed by atoms with Crippen molar-refractivity contribution in [3.8, 4) is 0 Å². The molecule has 1 aromatic rings. The van der Waals surface area contributed by atoms with E-state index < -0.39 is 0 Å². The monoisotopic (exact) mass is 373 g/mol. The maximum Gasteiger partial charge on any atom is 0.244 e. The number of aryl methyl sites for hydroxylation is 1. The average Bonchev–Trinajstić information content (AvgIpc) is 2.67. The largest absolute Gasteiger partial charge is 0.379 e. The fourth-order valence-corrected chi connectivity index (χ4v) is 2.76. The number of hydrogen-bond acceptors (Lipinski definition) is 4. The van der Waals surface area contributed by atoms with Gasteiger partial charge in [-0.3, -0.25) is 20.0 Å². The smallest absolute Gasteiger partial charge is 0.244 e. The number of nitrogens with one attached hydrogen (secondary N) is 2. The first kappa shape index (κ1) is 21.0. The first-order valence-electron chi connectivity index (χ1n) is 9.74. The normalized spacial score (nSPS) is 14.1. The van der Waals surface area contributed by atoms with Crippen molar-refractivity contribution in [2.45, 2.75) is 52.6 Å². The number of benzene rings is 1. The Kier molecular flexibility index (Phi) is 8.33. The number of amides is 2. The van der Waals surface area contributed by atoms with Crippen LogP contribution in [-0.2, 0) is 20.7 Å². The summed E-state index contributed by atoms with van der Waals surface area (Å²) in [6.45, 7) is 7.66. The zero-order valence-corrected chi connectivity index (χ0v) is 16.6. The van der Waals surface area contributed by atoms with Crippen LogP contribution in [0.4, 0.5) is 0 Å². The molecule has 1 aromatic carbocycles. The quantitative estimate of drug-likeness (QED) is 0.619. The highest BCUT2D eigenvalue weighted by atomic mass is 16.5. The summed E-state index contributed by atoms with van der Waals surface area (Å²) in [7, 11) is 0. The summed E-state index contributed by atoms with van der Waals surface area (Å²) in [5, 5.41) is 4.40. The molecule has 0 aromatic heterocycles. The van der Waals surface area contributed by atoms with Crippen molar-refractivity contribution >= 4 is 17.5 Å². The summed E-state index contributed by atoms with van der Waals surface area (Å²) in [5.74, 6) is -0.0837. The molecule has 6 nitrogen and oxygen atoms in total. The van der Waals surface area contributed by atoms with Crippen molar-refractivity contribution in [2.24, 2.45) is 0 Å². The topological polar surface area (TPSA) is 70.7 Å². The standard InChI is InChI=1S/C21H31N3O3/c1-4-17-6-8-18(9-7-17)19-10-11-21(26)24(23-19)14-12-20(25)22-13-5-15-27-16(2)3/h6-10,16,23H,4-5,11-15H2,1-3H3,(H,22,25). The zero-order valence-electron chi connectivity index (χ0n) is 16.6. The molecule has 0 fully saturated rings. The van der Waals surface area contributed by atoms with E-state index in [-0.39, 0.29) is 24.3 Å². The van der Waals surface area contributed by atoms with Gasteiger partial charge in [-0.25, -0.2) is 0 Å². The van der Waals surface area contributed by atoms with Gasteiger partial charge in [0.15, 0.2) is 0 Å². The molecule has 1 aliphatic heterocycles. The van der Waals surface area contributed by atoms with Crippen LogP contribution < -0.4 is 10.7 Å². The van der Waals surface area contributed by atoms with E-state index in [1.54, 1.807) is 0 Å². The van der Waals surface area contributed by atoms with E-state index in [1.807, 2.05) is 19.9 Å². The Hall–Kier alpha value is -2.34. The molecule has 0 saturated carbocycles. The second-order valence-electron chi connectivity index (χ2n) is 6.90. The number of carbonyl (C=O) groups excluding carboxylic acids is 2. The lowest BCUT2D eigenvalue weighted by Gasteiger charge is -2.29. The van der Waals surface area contributed by atoms with Crippen LogP contribution in [0.15, 0.2) is 30.3 Å². The van der Waals surface area contributed by atoms with E-state index in [2.05, 4.69) is 41.9 Å². The van der Waals surface area contributed by atoms with Gasteiger partial charge in [-0.2, -0.15) is 0 Å². The predicted octanol–water partition coefficient (Wildman–Crippen LogP) is 2.65. The molecule has 0 radical (unpaired) electrons. The average molecular weight is 373 g/mol. The maximum absolute atomic E-state index is 12.1. The molecule has 0 saturated heterocycles. The molecule has 1 heterocycles. The van der Waals surface area contributed by atoms with Crippen LogP contribution in [0, 0.1) is 0 Å². The van der Waals surface area contributed by atoms with Gasteiger partial charge in [-0.15, -0.1) is 0 Å². The van der Waals surface area contributed by atoms with Crippen LogP contribution in [0.3, 0.4) is 0 Å². The Morgan fingerprint density at radius 3 is 2.70 bits per heavy atom. The first-order chi connectivity index (χ1) is 13.0. The van der Waals surface area contributed by atoms with Gasteiger partial charge >= 0.3 is 0 Å². The van der Waals surface area contributed by atoms with Crippen molar-refractivity contribution in [1.82, 2.24) is 15.8 Å². The number of carbonyl (C=O) groups is 2. The highest BCUT2D eigenvalue weighted by molar-refractivity contribution is 5.84. The lowest BCUT2D eigenvalue weighted by atomic mass is 10.1. The Morgan fingerprint density at radius 2 is 2.04 bits per heavy atom. The van der Waals surface area contributed by atoms with Crippen LogP contribution in [0.25, 0.3) is 5.70 Å². The minimum absolute atomic E-state index is 0.0259. The van der Waals surface area contributed by atoms with Crippen LogP contribution >= 0.6 is 0 Å².